The van der Waals surface area contributed by atoms with Crippen LogP contribution in [0.3, 0.4) is 0 Å². The van der Waals surface area contributed by atoms with Crippen LogP contribution in [0.2, 0.25) is 0 Å². The number of aryl methyl sites for hydroxylation is 1. The van der Waals surface area contributed by atoms with Crippen LogP contribution in [0.4, 0.5) is 8.78 Å². The van der Waals surface area contributed by atoms with Gasteiger partial charge in [0.1, 0.15) is 0 Å². The Morgan fingerprint density at radius 2 is 1.80 bits per heavy atom. The fourth-order valence-corrected chi connectivity index (χ4v) is 3.10. The highest BCUT2D eigenvalue weighted by Gasteiger charge is 2.25. The summed E-state index contributed by atoms with van der Waals surface area (Å²) in [6.45, 7) is 0. The zero-order chi connectivity index (χ0) is 18.0. The summed E-state index contributed by atoms with van der Waals surface area (Å²) in [5.74, 6) is -0.948. The van der Waals surface area contributed by atoms with Crippen LogP contribution in [-0.4, -0.2) is 18.3 Å². The number of benzene rings is 2. The van der Waals surface area contributed by atoms with Crippen molar-refractivity contribution >= 4 is 17.4 Å². The molecule has 25 heavy (non-hydrogen) atoms. The largest absolute Gasteiger partial charge is 0.370 e. The van der Waals surface area contributed by atoms with Gasteiger partial charge in [0.15, 0.2) is 5.96 Å². The predicted octanol–water partition coefficient (Wildman–Crippen LogP) is 3.11. The summed E-state index contributed by atoms with van der Waals surface area (Å²) in [5.41, 5.74) is 13.6. The maximum Gasteiger partial charge on any atom is 0.280 e. The Hall–Kier alpha value is -3.02. The maximum atomic E-state index is 13.6. The van der Waals surface area contributed by atoms with Gasteiger partial charge < -0.3 is 11.5 Å². The molecule has 0 saturated heterocycles. The second-order valence-electron chi connectivity index (χ2n) is 5.78. The molecule has 2 aromatic carbocycles. The van der Waals surface area contributed by atoms with E-state index in [1.54, 1.807) is 24.3 Å². The molecule has 0 saturated carbocycles. The number of nitrogens with two attached hydrogens (primary N) is 2. The van der Waals surface area contributed by atoms with Crippen molar-refractivity contribution in [2.75, 3.05) is 0 Å². The molecule has 128 valence electrons. The van der Waals surface area contributed by atoms with Gasteiger partial charge in [0.25, 0.3) is 12.3 Å². The fourth-order valence-electron chi connectivity index (χ4n) is 3.10. The lowest BCUT2D eigenvalue weighted by Gasteiger charge is -2.24. The Labute approximate surface area is 143 Å². The lowest BCUT2D eigenvalue weighted by atomic mass is 9.82. The van der Waals surface area contributed by atoms with Crippen molar-refractivity contribution in [2.24, 2.45) is 16.5 Å². The van der Waals surface area contributed by atoms with Crippen LogP contribution in [0.15, 0.2) is 59.1 Å². The van der Waals surface area contributed by atoms with Gasteiger partial charge in [-0.25, -0.2) is 8.78 Å². The first-order valence-corrected chi connectivity index (χ1v) is 7.81. The highest BCUT2D eigenvalue weighted by atomic mass is 19.3. The standard InChI is InChI=1S/C19H17F2N3O/c20-17(21)15-9-8-11-4-1-2-7-14(11)16(15)12-5-3-6-13(10-12)18(25)24-19(22)23/h1-7,10,17H,8-9H2,(H4,22,23,24,25). The molecule has 0 heterocycles. The molecular formula is C19H17F2N3O. The Morgan fingerprint density at radius 3 is 2.52 bits per heavy atom. The number of hydrogen-bond donors (Lipinski definition) is 2. The number of allylic oxidation sites excluding steroid dienone is 1. The van der Waals surface area contributed by atoms with Crippen molar-refractivity contribution in [2.45, 2.75) is 19.3 Å². The van der Waals surface area contributed by atoms with E-state index in [1.807, 2.05) is 24.3 Å². The van der Waals surface area contributed by atoms with Gasteiger partial charge in [-0.15, -0.1) is 0 Å². The summed E-state index contributed by atoms with van der Waals surface area (Å²) >= 11 is 0. The number of guanidine groups is 1. The first-order chi connectivity index (χ1) is 12.0. The van der Waals surface area contributed by atoms with Crippen LogP contribution >= 0.6 is 0 Å². The molecule has 0 spiro atoms. The molecule has 0 unspecified atom stereocenters. The summed E-state index contributed by atoms with van der Waals surface area (Å²) in [5, 5.41) is 0. The molecule has 1 aliphatic carbocycles. The van der Waals surface area contributed by atoms with Gasteiger partial charge in [-0.3, -0.25) is 4.79 Å². The topological polar surface area (TPSA) is 81.5 Å². The minimum Gasteiger partial charge on any atom is -0.370 e. The minimum atomic E-state index is -2.56. The van der Waals surface area contributed by atoms with Gasteiger partial charge in [-0.1, -0.05) is 36.4 Å². The molecule has 0 aromatic heterocycles. The monoisotopic (exact) mass is 341 g/mol. The van der Waals surface area contributed by atoms with Gasteiger partial charge >= 0.3 is 0 Å². The molecule has 0 aliphatic heterocycles. The molecular weight excluding hydrogens is 324 g/mol. The van der Waals surface area contributed by atoms with Crippen molar-refractivity contribution in [3.63, 3.8) is 0 Å². The third kappa shape index (κ3) is 3.42. The van der Waals surface area contributed by atoms with E-state index in [4.69, 9.17) is 11.5 Å². The Bertz CT molecular complexity index is 884. The second kappa shape index (κ2) is 6.84. The van der Waals surface area contributed by atoms with Crippen LogP contribution in [-0.2, 0) is 6.42 Å². The van der Waals surface area contributed by atoms with Gasteiger partial charge in [0.05, 0.1) is 0 Å². The van der Waals surface area contributed by atoms with Crippen molar-refractivity contribution in [1.29, 1.82) is 0 Å². The number of rotatable bonds is 3. The SMILES string of the molecule is NC(N)=NC(=O)c1cccc(C2=C(C(F)F)CCc3ccccc32)c1. The molecule has 0 radical (unpaired) electrons. The zero-order valence-electron chi connectivity index (χ0n) is 13.4. The summed E-state index contributed by atoms with van der Waals surface area (Å²) < 4.78 is 27.2. The minimum absolute atomic E-state index is 0.0881. The van der Waals surface area contributed by atoms with E-state index in [0.717, 1.165) is 11.1 Å². The lowest BCUT2D eigenvalue weighted by Crippen LogP contribution is -2.24. The number of aliphatic imine (C=N–C) groups is 1. The predicted molar refractivity (Wildman–Crippen MR) is 93.4 cm³/mol. The van der Waals surface area contributed by atoms with E-state index < -0.39 is 12.3 Å². The van der Waals surface area contributed by atoms with E-state index in [1.165, 1.54) is 0 Å². The van der Waals surface area contributed by atoms with Crippen LogP contribution in [0, 0.1) is 0 Å². The number of hydrogen-bond acceptors (Lipinski definition) is 1. The summed E-state index contributed by atoms with van der Waals surface area (Å²) in [4.78, 5) is 15.5. The Morgan fingerprint density at radius 1 is 1.04 bits per heavy atom. The number of fused-ring (bicyclic) bond motifs is 1. The van der Waals surface area contributed by atoms with Crippen LogP contribution in [0.1, 0.15) is 33.5 Å². The molecule has 4 N–H and O–H groups in total. The van der Waals surface area contributed by atoms with E-state index in [0.29, 0.717) is 17.6 Å². The number of carbonyl (C=O) groups is 1. The molecule has 0 atom stereocenters. The number of nitrogens with zero attached hydrogens (tertiary/aromatic N) is 1. The van der Waals surface area contributed by atoms with E-state index in [-0.39, 0.29) is 23.5 Å². The average molecular weight is 341 g/mol. The van der Waals surface area contributed by atoms with Crippen LogP contribution in [0.5, 0.6) is 0 Å². The van der Waals surface area contributed by atoms with Crippen molar-refractivity contribution in [3.8, 4) is 0 Å². The van der Waals surface area contributed by atoms with Crippen LogP contribution < -0.4 is 11.5 Å². The van der Waals surface area contributed by atoms with Crippen molar-refractivity contribution < 1.29 is 13.6 Å². The number of amides is 1. The van der Waals surface area contributed by atoms with Gasteiger partial charge in [0.2, 0.25) is 0 Å². The second-order valence-corrected chi connectivity index (χ2v) is 5.78. The Kier molecular flexibility index (Phi) is 4.61. The number of carbonyl (C=O) groups excluding carboxylic acids is 1. The molecule has 0 fully saturated rings. The quantitative estimate of drug-likeness (QED) is 0.665. The highest BCUT2D eigenvalue weighted by Crippen LogP contribution is 2.38. The van der Waals surface area contributed by atoms with E-state index >= 15 is 0 Å². The molecule has 1 amide bonds. The van der Waals surface area contributed by atoms with E-state index in [2.05, 4.69) is 4.99 Å². The summed E-state index contributed by atoms with van der Waals surface area (Å²) in [7, 11) is 0. The average Bonchev–Trinajstić information content (AvgIpc) is 2.60. The normalized spacial score (nSPS) is 13.6. The molecule has 4 nitrogen and oxygen atoms in total. The molecule has 2 aromatic rings. The smallest absolute Gasteiger partial charge is 0.280 e. The first-order valence-electron chi connectivity index (χ1n) is 7.81. The van der Waals surface area contributed by atoms with Gasteiger partial charge in [-0.05, 0) is 47.2 Å². The van der Waals surface area contributed by atoms with Gasteiger partial charge in [0, 0.05) is 11.1 Å². The first kappa shape index (κ1) is 16.8. The van der Waals surface area contributed by atoms with Crippen molar-refractivity contribution in [1.82, 2.24) is 0 Å². The molecule has 0 bridgehead atoms. The molecule has 1 aliphatic rings. The van der Waals surface area contributed by atoms with E-state index in [9.17, 15) is 13.6 Å². The summed E-state index contributed by atoms with van der Waals surface area (Å²) in [6, 6.07) is 13.9. The third-order valence-electron chi connectivity index (χ3n) is 4.16. The summed E-state index contributed by atoms with van der Waals surface area (Å²) in [6.07, 6.45) is -1.69. The Balaban J connectivity index is 2.16. The third-order valence-corrected chi connectivity index (χ3v) is 4.16. The number of halogens is 2. The number of alkyl halides is 2. The maximum absolute atomic E-state index is 13.6. The molecule has 6 heteroatoms. The zero-order valence-corrected chi connectivity index (χ0v) is 13.4. The lowest BCUT2D eigenvalue weighted by molar-refractivity contribution is 0.100. The van der Waals surface area contributed by atoms with Crippen molar-refractivity contribution in [3.05, 3.63) is 76.4 Å². The van der Waals surface area contributed by atoms with Crippen LogP contribution in [0.25, 0.3) is 5.57 Å². The highest BCUT2D eigenvalue weighted by molar-refractivity contribution is 6.02. The molecule has 3 rings (SSSR count). The fraction of sp³-hybridized carbons (Fsp3) is 0.158. The van der Waals surface area contributed by atoms with Gasteiger partial charge in [-0.2, -0.15) is 4.99 Å².